The molecule has 0 aromatic carbocycles. The fourth-order valence-corrected chi connectivity index (χ4v) is 1.11. The zero-order chi connectivity index (χ0) is 10.8. The van der Waals surface area contributed by atoms with Crippen molar-refractivity contribution < 1.29 is 4.79 Å². The van der Waals surface area contributed by atoms with Crippen molar-refractivity contribution in [3.8, 4) is 5.82 Å². The van der Waals surface area contributed by atoms with Crippen LogP contribution in [-0.2, 0) is 0 Å². The molecule has 0 aliphatic rings. The van der Waals surface area contributed by atoms with E-state index in [-0.39, 0.29) is 11.4 Å². The number of rotatable bonds is 2. The number of anilines is 1. The molecule has 2 heterocycles. The van der Waals surface area contributed by atoms with Crippen LogP contribution in [0.5, 0.6) is 0 Å². The van der Waals surface area contributed by atoms with E-state index >= 15 is 0 Å². The highest BCUT2D eigenvalue weighted by molar-refractivity contribution is 5.95. The van der Waals surface area contributed by atoms with Crippen molar-refractivity contribution in [3.05, 3.63) is 30.2 Å². The number of nitrogens with two attached hydrogens (primary N) is 2. The minimum atomic E-state index is -0.671. The van der Waals surface area contributed by atoms with Crippen molar-refractivity contribution >= 4 is 11.6 Å². The van der Waals surface area contributed by atoms with Gasteiger partial charge in [-0.15, -0.1) is 5.10 Å². The first-order valence-electron chi connectivity index (χ1n) is 4.11. The molecule has 0 aliphatic heterocycles. The number of nitrogens with zero attached hydrogens (tertiary/aromatic N) is 4. The highest BCUT2D eigenvalue weighted by atomic mass is 16.1. The topological polar surface area (TPSA) is 113 Å². The molecule has 1 amide bonds. The Balaban J connectivity index is 2.48. The minimum absolute atomic E-state index is 0.0284. The summed E-state index contributed by atoms with van der Waals surface area (Å²) >= 11 is 0. The Morgan fingerprint density at radius 1 is 1.47 bits per heavy atom. The van der Waals surface area contributed by atoms with E-state index in [1.807, 2.05) is 0 Å². The highest BCUT2D eigenvalue weighted by Gasteiger charge is 2.12. The summed E-state index contributed by atoms with van der Waals surface area (Å²) in [5.41, 5.74) is 10.9. The second-order valence-electron chi connectivity index (χ2n) is 2.82. The largest absolute Gasteiger partial charge is 0.396 e. The Kier molecular flexibility index (Phi) is 2.05. The molecule has 0 atom stereocenters. The first-order valence-corrected chi connectivity index (χ1v) is 4.11. The number of hydrogen-bond acceptors (Lipinski definition) is 5. The van der Waals surface area contributed by atoms with Crippen LogP contribution < -0.4 is 11.5 Å². The third-order valence-corrected chi connectivity index (χ3v) is 1.77. The molecule has 2 aromatic rings. The maximum Gasteiger partial charge on any atom is 0.271 e. The van der Waals surface area contributed by atoms with Crippen LogP contribution in [0.25, 0.3) is 5.82 Å². The lowest BCUT2D eigenvalue weighted by atomic mass is 10.4. The number of aromatic nitrogens is 4. The van der Waals surface area contributed by atoms with Gasteiger partial charge in [0, 0.05) is 6.20 Å². The Bertz CT molecular complexity index is 491. The number of carbonyl (C=O) groups excluding carboxylic acids is 1. The Labute approximate surface area is 84.7 Å². The number of hydrogen-bond donors (Lipinski definition) is 2. The van der Waals surface area contributed by atoms with Gasteiger partial charge < -0.3 is 11.5 Å². The SMILES string of the molecule is NC(=O)c1nn(-c2cccnn2)cc1N. The summed E-state index contributed by atoms with van der Waals surface area (Å²) in [6, 6.07) is 3.38. The summed E-state index contributed by atoms with van der Waals surface area (Å²) in [7, 11) is 0. The van der Waals surface area contributed by atoms with Crippen LogP contribution in [0.3, 0.4) is 0 Å². The van der Waals surface area contributed by atoms with Crippen molar-refractivity contribution in [1.29, 1.82) is 0 Å². The molecule has 4 N–H and O–H groups in total. The van der Waals surface area contributed by atoms with Gasteiger partial charge in [0.25, 0.3) is 5.91 Å². The predicted molar refractivity (Wildman–Crippen MR) is 52.1 cm³/mol. The molecule has 15 heavy (non-hydrogen) atoms. The molecule has 0 fully saturated rings. The van der Waals surface area contributed by atoms with E-state index in [0.29, 0.717) is 5.82 Å². The maximum atomic E-state index is 10.9. The maximum absolute atomic E-state index is 10.9. The van der Waals surface area contributed by atoms with Crippen LogP contribution in [0.1, 0.15) is 10.5 Å². The third kappa shape index (κ3) is 1.62. The lowest BCUT2D eigenvalue weighted by Gasteiger charge is -1.95. The summed E-state index contributed by atoms with van der Waals surface area (Å²) in [6.45, 7) is 0. The van der Waals surface area contributed by atoms with E-state index in [4.69, 9.17) is 11.5 Å². The predicted octanol–water partition coefficient (Wildman–Crippen LogP) is -0.657. The normalized spacial score (nSPS) is 10.1. The van der Waals surface area contributed by atoms with E-state index < -0.39 is 5.91 Å². The molecule has 7 heteroatoms. The Hall–Kier alpha value is -2.44. The van der Waals surface area contributed by atoms with Crippen LogP contribution in [0.4, 0.5) is 5.69 Å². The zero-order valence-corrected chi connectivity index (χ0v) is 7.66. The van der Waals surface area contributed by atoms with Gasteiger partial charge in [0.1, 0.15) is 0 Å². The van der Waals surface area contributed by atoms with Gasteiger partial charge in [-0.2, -0.15) is 10.2 Å². The molecule has 0 saturated carbocycles. The van der Waals surface area contributed by atoms with E-state index in [0.717, 1.165) is 0 Å². The summed E-state index contributed by atoms with van der Waals surface area (Å²) in [5, 5.41) is 11.4. The molecule has 0 unspecified atom stereocenters. The van der Waals surface area contributed by atoms with Crippen LogP contribution in [0.15, 0.2) is 24.5 Å². The third-order valence-electron chi connectivity index (χ3n) is 1.77. The van der Waals surface area contributed by atoms with Gasteiger partial charge >= 0.3 is 0 Å². The first-order chi connectivity index (χ1) is 7.18. The number of nitrogen functional groups attached to an aromatic ring is 1. The van der Waals surface area contributed by atoms with Crippen LogP contribution in [0, 0.1) is 0 Å². The van der Waals surface area contributed by atoms with Gasteiger partial charge in [0.2, 0.25) is 0 Å². The van der Waals surface area contributed by atoms with E-state index in [1.54, 1.807) is 12.1 Å². The fraction of sp³-hybridized carbons (Fsp3) is 0. The zero-order valence-electron chi connectivity index (χ0n) is 7.66. The molecule has 76 valence electrons. The molecule has 0 aliphatic carbocycles. The van der Waals surface area contributed by atoms with Gasteiger partial charge in [-0.05, 0) is 12.1 Å². The fourth-order valence-electron chi connectivity index (χ4n) is 1.11. The Morgan fingerprint density at radius 3 is 2.80 bits per heavy atom. The smallest absolute Gasteiger partial charge is 0.271 e. The van der Waals surface area contributed by atoms with E-state index in [1.165, 1.54) is 17.1 Å². The van der Waals surface area contributed by atoms with Crippen LogP contribution >= 0.6 is 0 Å². The second-order valence-corrected chi connectivity index (χ2v) is 2.82. The molecular formula is C8H8N6O. The van der Waals surface area contributed by atoms with Crippen LogP contribution in [0.2, 0.25) is 0 Å². The monoisotopic (exact) mass is 204 g/mol. The molecule has 0 saturated heterocycles. The van der Waals surface area contributed by atoms with Gasteiger partial charge in [-0.25, -0.2) is 4.68 Å². The summed E-state index contributed by atoms with van der Waals surface area (Å²) in [4.78, 5) is 10.9. The van der Waals surface area contributed by atoms with Gasteiger partial charge in [-0.3, -0.25) is 4.79 Å². The molecule has 7 nitrogen and oxygen atoms in total. The van der Waals surface area contributed by atoms with Gasteiger partial charge in [0.05, 0.1) is 11.9 Å². The summed E-state index contributed by atoms with van der Waals surface area (Å²) < 4.78 is 1.35. The van der Waals surface area contributed by atoms with Crippen molar-refractivity contribution in [2.75, 3.05) is 5.73 Å². The highest BCUT2D eigenvalue weighted by Crippen LogP contribution is 2.11. The average molecular weight is 204 g/mol. The van der Waals surface area contributed by atoms with E-state index in [9.17, 15) is 4.79 Å². The number of carbonyl (C=O) groups is 1. The molecule has 0 spiro atoms. The summed E-state index contributed by atoms with van der Waals surface area (Å²) in [6.07, 6.45) is 3.00. The first kappa shape index (κ1) is 9.13. The average Bonchev–Trinajstić information content (AvgIpc) is 2.62. The van der Waals surface area contributed by atoms with Gasteiger partial charge in [0.15, 0.2) is 11.5 Å². The lowest BCUT2D eigenvalue weighted by Crippen LogP contribution is -2.14. The van der Waals surface area contributed by atoms with Gasteiger partial charge in [-0.1, -0.05) is 0 Å². The quantitative estimate of drug-likeness (QED) is 0.674. The second kappa shape index (κ2) is 3.37. The Morgan fingerprint density at radius 2 is 2.27 bits per heavy atom. The van der Waals surface area contributed by atoms with Crippen molar-refractivity contribution in [3.63, 3.8) is 0 Å². The molecule has 0 bridgehead atoms. The standard InChI is InChI=1S/C8H8N6O/c9-5-4-14(13-7(5)8(10)15)6-2-1-3-11-12-6/h1-4H,9H2,(H2,10,15). The lowest BCUT2D eigenvalue weighted by molar-refractivity contribution is 0.0996. The van der Waals surface area contributed by atoms with Crippen molar-refractivity contribution in [1.82, 2.24) is 20.0 Å². The minimum Gasteiger partial charge on any atom is -0.396 e. The van der Waals surface area contributed by atoms with E-state index in [2.05, 4.69) is 15.3 Å². The molecule has 2 aromatic heterocycles. The summed E-state index contributed by atoms with van der Waals surface area (Å²) in [5.74, 6) is -0.202. The molecular weight excluding hydrogens is 196 g/mol. The number of primary amides is 1. The van der Waals surface area contributed by atoms with Crippen molar-refractivity contribution in [2.24, 2.45) is 5.73 Å². The number of amides is 1. The van der Waals surface area contributed by atoms with Crippen LogP contribution in [-0.4, -0.2) is 25.9 Å². The molecule has 0 radical (unpaired) electrons. The molecule has 2 rings (SSSR count). The van der Waals surface area contributed by atoms with Crippen molar-refractivity contribution in [2.45, 2.75) is 0 Å².